The lowest BCUT2D eigenvalue weighted by atomic mass is 10.0. The summed E-state index contributed by atoms with van der Waals surface area (Å²) in [4.78, 5) is 20.2. The monoisotopic (exact) mass is 460 g/mol. The minimum atomic E-state index is -0.450. The van der Waals surface area contributed by atoms with E-state index in [-0.39, 0.29) is 11.8 Å². The van der Waals surface area contributed by atoms with Gasteiger partial charge in [0.1, 0.15) is 11.6 Å². The van der Waals surface area contributed by atoms with Gasteiger partial charge in [0.25, 0.3) is 0 Å². The molecule has 5 nitrogen and oxygen atoms in total. The summed E-state index contributed by atoms with van der Waals surface area (Å²) in [5.74, 6) is 0.478. The fourth-order valence-corrected chi connectivity index (χ4v) is 4.61. The first-order chi connectivity index (χ1) is 15.9. The van der Waals surface area contributed by atoms with Crippen molar-refractivity contribution in [3.05, 3.63) is 112 Å². The van der Waals surface area contributed by atoms with Gasteiger partial charge in [-0.1, -0.05) is 29.8 Å². The molecular weight excluding hydrogens is 439 g/mol. The molecule has 0 saturated heterocycles. The Balaban J connectivity index is 1.67. The summed E-state index contributed by atoms with van der Waals surface area (Å²) in [7, 11) is 0. The van der Waals surface area contributed by atoms with Crippen molar-refractivity contribution < 1.29 is 9.18 Å². The number of amides is 2. The lowest BCUT2D eigenvalue weighted by Gasteiger charge is -2.31. The predicted molar refractivity (Wildman–Crippen MR) is 127 cm³/mol. The molecule has 0 unspecified atom stereocenters. The average Bonchev–Trinajstić information content (AvgIpc) is 3.20. The molecule has 0 aliphatic carbocycles. The molecule has 1 atom stereocenters. The van der Waals surface area contributed by atoms with E-state index in [2.05, 4.69) is 5.32 Å². The second kappa shape index (κ2) is 8.37. The van der Waals surface area contributed by atoms with Gasteiger partial charge in [0.15, 0.2) is 0 Å². The number of benzene rings is 2. The van der Waals surface area contributed by atoms with Crippen LogP contribution in [0.25, 0.3) is 5.82 Å². The van der Waals surface area contributed by atoms with Crippen LogP contribution in [0.4, 0.5) is 14.9 Å². The number of carbonyl (C=O) groups is 1. The molecule has 2 aromatic heterocycles. The minimum Gasteiger partial charge on any atom is -0.308 e. The summed E-state index contributed by atoms with van der Waals surface area (Å²) < 4.78 is 15.8. The van der Waals surface area contributed by atoms with E-state index < -0.39 is 6.04 Å². The quantitative estimate of drug-likeness (QED) is 0.375. The fourth-order valence-electron chi connectivity index (χ4n) is 4.42. The Kier molecular flexibility index (Phi) is 5.38. The Morgan fingerprint density at radius 3 is 2.64 bits per heavy atom. The van der Waals surface area contributed by atoms with Crippen molar-refractivity contribution in [3.63, 3.8) is 0 Å². The summed E-state index contributed by atoms with van der Waals surface area (Å²) in [6.45, 7) is 4.33. The zero-order valence-corrected chi connectivity index (χ0v) is 19.0. The van der Waals surface area contributed by atoms with Crippen LogP contribution in [-0.2, 0) is 6.54 Å². The minimum absolute atomic E-state index is 0.285. The lowest BCUT2D eigenvalue weighted by molar-refractivity contribution is 0.194. The first-order valence-electron chi connectivity index (χ1n) is 10.6. The molecule has 5 rings (SSSR count). The maximum atomic E-state index is 13.7. The summed E-state index contributed by atoms with van der Waals surface area (Å²) in [6, 6.07) is 18.5. The van der Waals surface area contributed by atoms with Crippen LogP contribution in [0.3, 0.4) is 0 Å². The van der Waals surface area contributed by atoms with E-state index in [9.17, 15) is 9.18 Å². The predicted octanol–water partition coefficient (Wildman–Crippen LogP) is 6.42. The standard InChI is InChI=1S/C26H22ClFN4O/c1-16-13-17(2)29-25-22(16)15-32(26(33)30-21-6-3-5-19(27)14-21)24(23-7-4-12-31(23)25)18-8-10-20(28)11-9-18/h3-14,24H,15H2,1-2H3,(H,30,33)/t24-/m1/s1. The molecule has 0 bridgehead atoms. The molecule has 0 fully saturated rings. The Labute approximate surface area is 196 Å². The number of anilines is 1. The molecule has 2 aromatic carbocycles. The van der Waals surface area contributed by atoms with Crippen molar-refractivity contribution in [2.24, 2.45) is 0 Å². The number of aromatic nitrogens is 2. The number of urea groups is 1. The van der Waals surface area contributed by atoms with Gasteiger partial charge in [-0.15, -0.1) is 0 Å². The van der Waals surface area contributed by atoms with Crippen molar-refractivity contribution in [1.29, 1.82) is 0 Å². The number of carbonyl (C=O) groups excluding carboxylic acids is 1. The Morgan fingerprint density at radius 1 is 1.09 bits per heavy atom. The number of fused-ring (bicyclic) bond motifs is 3. The third kappa shape index (κ3) is 3.98. The topological polar surface area (TPSA) is 50.2 Å². The smallest absolute Gasteiger partial charge is 0.308 e. The molecule has 7 heteroatoms. The molecule has 0 radical (unpaired) electrons. The summed E-state index contributed by atoms with van der Waals surface area (Å²) in [5.41, 5.74) is 5.20. The number of pyridine rings is 1. The van der Waals surface area contributed by atoms with E-state index in [4.69, 9.17) is 16.6 Å². The highest BCUT2D eigenvalue weighted by Crippen LogP contribution is 2.37. The molecule has 166 valence electrons. The highest BCUT2D eigenvalue weighted by atomic mass is 35.5. The molecule has 4 aromatic rings. The normalized spacial score (nSPS) is 14.9. The van der Waals surface area contributed by atoms with E-state index in [0.29, 0.717) is 17.3 Å². The summed E-state index contributed by atoms with van der Waals surface area (Å²) in [5, 5.41) is 3.51. The van der Waals surface area contributed by atoms with Crippen molar-refractivity contribution in [3.8, 4) is 5.82 Å². The third-order valence-electron chi connectivity index (χ3n) is 5.90. The van der Waals surface area contributed by atoms with Crippen molar-refractivity contribution in [1.82, 2.24) is 14.5 Å². The van der Waals surface area contributed by atoms with Gasteiger partial charge in [-0.25, -0.2) is 14.2 Å². The zero-order valence-electron chi connectivity index (χ0n) is 18.2. The third-order valence-corrected chi connectivity index (χ3v) is 6.14. The largest absolute Gasteiger partial charge is 0.322 e. The molecule has 2 amide bonds. The van der Waals surface area contributed by atoms with Crippen LogP contribution in [0.2, 0.25) is 5.02 Å². The fraction of sp³-hybridized carbons (Fsp3) is 0.154. The lowest BCUT2D eigenvalue weighted by Crippen LogP contribution is -2.38. The number of nitrogens with one attached hydrogen (secondary N) is 1. The van der Waals surface area contributed by atoms with Crippen LogP contribution in [0.5, 0.6) is 0 Å². The molecule has 0 saturated carbocycles. The summed E-state index contributed by atoms with van der Waals surface area (Å²) >= 11 is 6.12. The van der Waals surface area contributed by atoms with Crippen molar-refractivity contribution in [2.75, 3.05) is 5.32 Å². The molecule has 0 spiro atoms. The Hall–Kier alpha value is -3.64. The van der Waals surface area contributed by atoms with Gasteiger partial charge in [-0.2, -0.15) is 0 Å². The van der Waals surface area contributed by atoms with Gasteiger partial charge in [-0.05, 0) is 73.5 Å². The number of nitrogens with zero attached hydrogens (tertiary/aromatic N) is 3. The second-order valence-electron chi connectivity index (χ2n) is 8.21. The first-order valence-corrected chi connectivity index (χ1v) is 11.0. The summed E-state index contributed by atoms with van der Waals surface area (Å²) in [6.07, 6.45) is 1.95. The van der Waals surface area contributed by atoms with Gasteiger partial charge in [0.2, 0.25) is 0 Å². The van der Waals surface area contributed by atoms with E-state index in [1.54, 1.807) is 41.3 Å². The van der Waals surface area contributed by atoms with Crippen LogP contribution in [0, 0.1) is 19.7 Å². The van der Waals surface area contributed by atoms with Crippen LogP contribution in [-0.4, -0.2) is 20.5 Å². The Bertz CT molecular complexity index is 1350. The van der Waals surface area contributed by atoms with E-state index in [1.807, 2.05) is 42.8 Å². The number of rotatable bonds is 2. The molecule has 3 heterocycles. The maximum Gasteiger partial charge on any atom is 0.322 e. The van der Waals surface area contributed by atoms with Gasteiger partial charge < -0.3 is 14.8 Å². The maximum absolute atomic E-state index is 13.7. The number of halogens is 2. The van der Waals surface area contributed by atoms with Crippen molar-refractivity contribution in [2.45, 2.75) is 26.4 Å². The molecule has 1 aliphatic heterocycles. The first kappa shape index (κ1) is 21.2. The van der Waals surface area contributed by atoms with E-state index >= 15 is 0 Å². The van der Waals surface area contributed by atoms with E-state index in [1.165, 1.54) is 12.1 Å². The molecule has 1 N–H and O–H groups in total. The second-order valence-corrected chi connectivity index (χ2v) is 8.64. The van der Waals surface area contributed by atoms with E-state index in [0.717, 1.165) is 33.9 Å². The van der Waals surface area contributed by atoms with Crippen LogP contribution >= 0.6 is 11.6 Å². The number of hydrogen-bond acceptors (Lipinski definition) is 2. The highest BCUT2D eigenvalue weighted by molar-refractivity contribution is 6.30. The average molecular weight is 461 g/mol. The SMILES string of the molecule is Cc1cc(C)c2c(n1)-n1cccc1[C@@H](c1ccc(F)cc1)N(C(=O)Nc1cccc(Cl)c1)C2. The van der Waals surface area contributed by atoms with Crippen LogP contribution in [0.1, 0.15) is 34.1 Å². The van der Waals surface area contributed by atoms with Gasteiger partial charge in [0, 0.05) is 28.2 Å². The van der Waals surface area contributed by atoms with Gasteiger partial charge in [-0.3, -0.25) is 0 Å². The molecule has 1 aliphatic rings. The highest BCUT2D eigenvalue weighted by Gasteiger charge is 2.34. The van der Waals surface area contributed by atoms with Gasteiger partial charge >= 0.3 is 6.03 Å². The molecular formula is C26H22ClFN4O. The van der Waals surface area contributed by atoms with Gasteiger partial charge in [0.05, 0.1) is 18.3 Å². The van der Waals surface area contributed by atoms with Crippen molar-refractivity contribution >= 4 is 23.3 Å². The number of hydrogen-bond donors (Lipinski definition) is 1. The number of aryl methyl sites for hydroxylation is 2. The Morgan fingerprint density at radius 2 is 1.88 bits per heavy atom. The van der Waals surface area contributed by atoms with Crippen LogP contribution < -0.4 is 5.32 Å². The van der Waals surface area contributed by atoms with Crippen LogP contribution in [0.15, 0.2) is 72.9 Å². The zero-order chi connectivity index (χ0) is 23.1. The molecule has 33 heavy (non-hydrogen) atoms.